The number of fused-ring (bicyclic) bond motifs is 2. The number of carbonyl (C=O) groups is 1. The Bertz CT molecular complexity index is 727. The minimum atomic E-state index is -3.56. The first-order valence-corrected chi connectivity index (χ1v) is 9.50. The Balaban J connectivity index is 1.57. The molecule has 0 aliphatic carbocycles. The minimum Gasteiger partial charge on any atom is -0.333 e. The number of hydrogen-bond donors (Lipinski definition) is 1. The van der Waals surface area contributed by atoms with Crippen molar-refractivity contribution in [3.05, 3.63) is 42.0 Å². The summed E-state index contributed by atoms with van der Waals surface area (Å²) in [5.74, 6) is 0.0359. The lowest BCUT2D eigenvalue weighted by molar-refractivity contribution is -0.133. The number of carbonyl (C=O) groups excluding carboxylic acids is 1. The predicted octanol–water partition coefficient (Wildman–Crippen LogP) is 1.98. The molecular formula is C17H22N2O3S. The Labute approximate surface area is 137 Å². The highest BCUT2D eigenvalue weighted by Crippen LogP contribution is 2.31. The minimum absolute atomic E-state index is 0.0359. The molecule has 2 atom stereocenters. The first-order valence-electron chi connectivity index (χ1n) is 8.01. The Morgan fingerprint density at radius 2 is 2.17 bits per heavy atom. The van der Waals surface area contributed by atoms with Gasteiger partial charge >= 0.3 is 0 Å². The van der Waals surface area contributed by atoms with Crippen molar-refractivity contribution >= 4 is 15.9 Å². The molecule has 1 aromatic carbocycles. The number of amides is 1. The lowest BCUT2D eigenvalue weighted by atomic mass is 10.1. The summed E-state index contributed by atoms with van der Waals surface area (Å²) in [6.45, 7) is 1.98. The van der Waals surface area contributed by atoms with Crippen LogP contribution in [0.3, 0.4) is 0 Å². The maximum Gasteiger partial charge on any atom is 0.240 e. The number of hydrogen-bond acceptors (Lipinski definition) is 3. The molecule has 1 fully saturated rings. The van der Waals surface area contributed by atoms with Crippen LogP contribution in [0, 0.1) is 6.92 Å². The molecule has 2 unspecified atom stereocenters. The van der Waals surface area contributed by atoms with E-state index in [1.54, 1.807) is 18.2 Å². The van der Waals surface area contributed by atoms with E-state index < -0.39 is 10.0 Å². The first-order chi connectivity index (χ1) is 11.0. The van der Waals surface area contributed by atoms with Crippen molar-refractivity contribution in [1.29, 1.82) is 0 Å². The van der Waals surface area contributed by atoms with Gasteiger partial charge in [0, 0.05) is 19.0 Å². The summed E-state index contributed by atoms with van der Waals surface area (Å²) >= 11 is 0. The molecule has 0 saturated carbocycles. The molecule has 2 aliphatic rings. The summed E-state index contributed by atoms with van der Waals surface area (Å²) in [6.07, 6.45) is 7.41. The second kappa shape index (κ2) is 6.45. The van der Waals surface area contributed by atoms with Crippen molar-refractivity contribution in [1.82, 2.24) is 9.62 Å². The lowest BCUT2D eigenvalue weighted by Crippen LogP contribution is -2.43. The van der Waals surface area contributed by atoms with Crippen LogP contribution in [0.15, 0.2) is 41.3 Å². The van der Waals surface area contributed by atoms with E-state index in [1.807, 2.05) is 17.9 Å². The molecule has 2 bridgehead atoms. The van der Waals surface area contributed by atoms with Crippen LogP contribution in [0.2, 0.25) is 0 Å². The van der Waals surface area contributed by atoms with Crippen LogP contribution in [0.1, 0.15) is 31.2 Å². The summed E-state index contributed by atoms with van der Waals surface area (Å²) in [7, 11) is -3.56. The van der Waals surface area contributed by atoms with Crippen molar-refractivity contribution in [2.75, 3.05) is 6.54 Å². The third kappa shape index (κ3) is 3.48. The number of rotatable bonds is 5. The van der Waals surface area contributed by atoms with Gasteiger partial charge in [0.2, 0.25) is 15.9 Å². The number of nitrogens with zero attached hydrogens (tertiary/aromatic N) is 1. The SMILES string of the molecule is Cc1cccc(S(=O)(=O)NCCC(=O)N2C3C=CCC2CC3)c1. The van der Waals surface area contributed by atoms with Gasteiger partial charge < -0.3 is 4.90 Å². The molecule has 0 radical (unpaired) electrons. The third-order valence-electron chi connectivity index (χ3n) is 4.53. The third-order valence-corrected chi connectivity index (χ3v) is 5.99. The highest BCUT2D eigenvalue weighted by atomic mass is 32.2. The molecule has 2 aliphatic heterocycles. The molecule has 3 rings (SSSR count). The van der Waals surface area contributed by atoms with Gasteiger partial charge in [-0.2, -0.15) is 0 Å². The van der Waals surface area contributed by atoms with Gasteiger partial charge in [-0.1, -0.05) is 24.3 Å². The molecule has 1 N–H and O–H groups in total. The van der Waals surface area contributed by atoms with Gasteiger partial charge in [0.1, 0.15) is 0 Å². The van der Waals surface area contributed by atoms with Crippen molar-refractivity contribution in [3.63, 3.8) is 0 Å². The van der Waals surface area contributed by atoms with E-state index in [2.05, 4.69) is 16.9 Å². The van der Waals surface area contributed by atoms with E-state index in [1.165, 1.54) is 0 Å². The first kappa shape index (κ1) is 16.2. The van der Waals surface area contributed by atoms with Crippen LogP contribution < -0.4 is 4.72 Å². The molecule has 23 heavy (non-hydrogen) atoms. The summed E-state index contributed by atoms with van der Waals surface area (Å²) in [4.78, 5) is 14.6. The number of sulfonamides is 1. The van der Waals surface area contributed by atoms with Crippen LogP contribution in [0.4, 0.5) is 0 Å². The highest BCUT2D eigenvalue weighted by Gasteiger charge is 2.36. The van der Waals surface area contributed by atoms with Crippen LogP contribution in [-0.4, -0.2) is 37.9 Å². The molecular weight excluding hydrogens is 312 g/mol. The normalized spacial score (nSPS) is 23.3. The molecule has 1 aromatic rings. The molecule has 124 valence electrons. The molecule has 0 spiro atoms. The number of benzene rings is 1. The Morgan fingerprint density at radius 1 is 1.35 bits per heavy atom. The molecule has 0 aromatic heterocycles. The summed E-state index contributed by atoms with van der Waals surface area (Å²) in [5, 5.41) is 0. The second-order valence-electron chi connectivity index (χ2n) is 6.23. The maximum atomic E-state index is 12.4. The standard InChI is InChI=1S/C17H22N2O3S/c1-13-4-2-7-16(12-13)23(21,22)18-11-10-17(20)19-14-5-3-6-15(19)9-8-14/h2-5,7,12,14-15,18H,6,8-11H2,1H3. The van der Waals surface area contributed by atoms with Gasteiger partial charge in [0.15, 0.2) is 0 Å². The van der Waals surface area contributed by atoms with Crippen LogP contribution in [-0.2, 0) is 14.8 Å². The summed E-state index contributed by atoms with van der Waals surface area (Å²) in [5.41, 5.74) is 0.889. The van der Waals surface area contributed by atoms with Crippen molar-refractivity contribution < 1.29 is 13.2 Å². The monoisotopic (exact) mass is 334 g/mol. The van der Waals surface area contributed by atoms with Gasteiger partial charge in [-0.3, -0.25) is 4.79 Å². The topological polar surface area (TPSA) is 66.5 Å². The van der Waals surface area contributed by atoms with E-state index in [0.717, 1.165) is 24.8 Å². The molecule has 1 saturated heterocycles. The Kier molecular flexibility index (Phi) is 4.55. The van der Waals surface area contributed by atoms with Crippen molar-refractivity contribution in [2.24, 2.45) is 0 Å². The predicted molar refractivity (Wildman–Crippen MR) is 88.4 cm³/mol. The fourth-order valence-corrected chi connectivity index (χ4v) is 4.54. The fraction of sp³-hybridized carbons (Fsp3) is 0.471. The van der Waals surface area contributed by atoms with E-state index >= 15 is 0 Å². The zero-order valence-electron chi connectivity index (χ0n) is 13.2. The fourth-order valence-electron chi connectivity index (χ4n) is 3.40. The number of nitrogens with one attached hydrogen (secondary N) is 1. The maximum absolute atomic E-state index is 12.4. The van der Waals surface area contributed by atoms with Crippen molar-refractivity contribution in [3.8, 4) is 0 Å². The number of aryl methyl sites for hydroxylation is 1. The Hall–Kier alpha value is -1.66. The van der Waals surface area contributed by atoms with Gasteiger partial charge in [-0.25, -0.2) is 13.1 Å². The summed E-state index contributed by atoms with van der Waals surface area (Å²) < 4.78 is 27.0. The molecule has 6 heteroatoms. The van der Waals surface area contributed by atoms with Gasteiger partial charge in [-0.05, 0) is 43.9 Å². The van der Waals surface area contributed by atoms with Crippen LogP contribution >= 0.6 is 0 Å². The average Bonchev–Trinajstić information content (AvgIpc) is 2.76. The van der Waals surface area contributed by atoms with Crippen LogP contribution in [0.5, 0.6) is 0 Å². The summed E-state index contributed by atoms with van der Waals surface area (Å²) in [6, 6.07) is 7.25. The molecule has 2 heterocycles. The van der Waals surface area contributed by atoms with Gasteiger partial charge in [0.05, 0.1) is 10.9 Å². The zero-order chi connectivity index (χ0) is 16.4. The molecule has 5 nitrogen and oxygen atoms in total. The lowest BCUT2D eigenvalue weighted by Gasteiger charge is -2.31. The van der Waals surface area contributed by atoms with E-state index in [0.29, 0.717) is 6.04 Å². The quantitative estimate of drug-likeness (QED) is 0.838. The van der Waals surface area contributed by atoms with Gasteiger partial charge in [0.25, 0.3) is 0 Å². The van der Waals surface area contributed by atoms with E-state index in [9.17, 15) is 13.2 Å². The van der Waals surface area contributed by atoms with Crippen molar-refractivity contribution in [2.45, 2.75) is 49.6 Å². The largest absolute Gasteiger partial charge is 0.333 e. The zero-order valence-corrected chi connectivity index (χ0v) is 14.1. The van der Waals surface area contributed by atoms with Crippen LogP contribution in [0.25, 0.3) is 0 Å². The Morgan fingerprint density at radius 3 is 2.91 bits per heavy atom. The van der Waals surface area contributed by atoms with E-state index in [-0.39, 0.29) is 29.8 Å². The highest BCUT2D eigenvalue weighted by molar-refractivity contribution is 7.89. The van der Waals surface area contributed by atoms with E-state index in [4.69, 9.17) is 0 Å². The second-order valence-corrected chi connectivity index (χ2v) is 7.99. The smallest absolute Gasteiger partial charge is 0.240 e. The average molecular weight is 334 g/mol. The molecule has 1 amide bonds. The van der Waals surface area contributed by atoms with Gasteiger partial charge in [-0.15, -0.1) is 0 Å².